The third-order valence-electron chi connectivity index (χ3n) is 3.03. The van der Waals surface area contributed by atoms with E-state index in [2.05, 4.69) is 35.2 Å². The van der Waals surface area contributed by atoms with E-state index in [1.54, 1.807) is 12.5 Å². The van der Waals surface area contributed by atoms with E-state index in [-0.39, 0.29) is 0 Å². The third-order valence-corrected chi connectivity index (χ3v) is 3.03. The predicted octanol–water partition coefficient (Wildman–Crippen LogP) is 2.81. The van der Waals surface area contributed by atoms with Crippen molar-refractivity contribution < 1.29 is 4.42 Å². The average molecular weight is 259 g/mol. The van der Waals surface area contributed by atoms with Gasteiger partial charge in [-0.2, -0.15) is 0 Å². The molecule has 0 saturated carbocycles. The summed E-state index contributed by atoms with van der Waals surface area (Å²) in [6.45, 7) is 4.88. The highest BCUT2D eigenvalue weighted by atomic mass is 16.3. The lowest BCUT2D eigenvalue weighted by Crippen LogP contribution is -2.21. The number of rotatable bonds is 7. The monoisotopic (exact) mass is 259 g/mol. The Kier molecular flexibility index (Phi) is 4.98. The molecule has 4 heteroatoms. The summed E-state index contributed by atoms with van der Waals surface area (Å²) < 4.78 is 5.11. The molecule has 0 saturated heterocycles. The summed E-state index contributed by atoms with van der Waals surface area (Å²) in [6.07, 6.45) is 8.40. The lowest BCUT2D eigenvalue weighted by atomic mass is 10.2. The van der Waals surface area contributed by atoms with Gasteiger partial charge in [-0.25, -0.2) is 0 Å². The summed E-state index contributed by atoms with van der Waals surface area (Å²) in [7, 11) is 2.09. The van der Waals surface area contributed by atoms with Crippen LogP contribution >= 0.6 is 0 Å². The second-order valence-corrected chi connectivity index (χ2v) is 4.67. The minimum absolute atomic E-state index is 0.835. The minimum Gasteiger partial charge on any atom is -0.472 e. The van der Waals surface area contributed by atoms with Gasteiger partial charge in [-0.3, -0.25) is 4.98 Å². The van der Waals surface area contributed by atoms with Gasteiger partial charge < -0.3 is 14.6 Å². The van der Waals surface area contributed by atoms with E-state index in [0.717, 1.165) is 26.1 Å². The first-order chi connectivity index (χ1) is 9.31. The smallest absolute Gasteiger partial charge is 0.0952 e. The predicted molar refractivity (Wildman–Crippen MR) is 77.0 cm³/mol. The molecule has 0 aliphatic rings. The zero-order valence-electron chi connectivity index (χ0n) is 11.6. The van der Waals surface area contributed by atoms with E-state index < -0.39 is 0 Å². The quantitative estimate of drug-likeness (QED) is 0.776. The maximum atomic E-state index is 5.11. The van der Waals surface area contributed by atoms with Gasteiger partial charge in [0.1, 0.15) is 0 Å². The number of nitrogens with zero attached hydrogens (tertiary/aromatic N) is 2. The van der Waals surface area contributed by atoms with Crippen molar-refractivity contribution in [3.63, 3.8) is 0 Å². The van der Waals surface area contributed by atoms with Gasteiger partial charge in [0.2, 0.25) is 0 Å². The van der Waals surface area contributed by atoms with E-state index in [0.29, 0.717) is 0 Å². The average Bonchev–Trinajstić information content (AvgIpc) is 2.92. The molecule has 2 rings (SSSR count). The molecule has 0 aliphatic carbocycles. The van der Waals surface area contributed by atoms with Crippen LogP contribution in [0.3, 0.4) is 0 Å². The van der Waals surface area contributed by atoms with Gasteiger partial charge in [0, 0.05) is 49.3 Å². The first kappa shape index (κ1) is 13.6. The Morgan fingerprint density at radius 2 is 2.26 bits per heavy atom. The number of anilines is 1. The molecule has 2 heterocycles. The van der Waals surface area contributed by atoms with E-state index in [9.17, 15) is 0 Å². The largest absolute Gasteiger partial charge is 0.472 e. The van der Waals surface area contributed by atoms with Crippen molar-refractivity contribution in [2.75, 3.05) is 18.5 Å². The summed E-state index contributed by atoms with van der Waals surface area (Å²) >= 11 is 0. The van der Waals surface area contributed by atoms with Crippen LogP contribution in [0.15, 0.2) is 41.5 Å². The second-order valence-electron chi connectivity index (χ2n) is 4.67. The number of hydrogen-bond acceptors (Lipinski definition) is 4. The molecule has 102 valence electrons. The highest BCUT2D eigenvalue weighted by molar-refractivity contribution is 5.51. The summed E-state index contributed by atoms with van der Waals surface area (Å²) in [5.41, 5.74) is 3.61. The highest BCUT2D eigenvalue weighted by Gasteiger charge is 2.08. The van der Waals surface area contributed by atoms with Crippen molar-refractivity contribution in [2.45, 2.75) is 26.4 Å². The SMILES string of the molecule is CCCNCc1cnccc1N(C)Cc1ccoc1. The van der Waals surface area contributed by atoms with Crippen LogP contribution in [-0.4, -0.2) is 18.6 Å². The van der Waals surface area contributed by atoms with E-state index in [1.165, 1.54) is 16.8 Å². The molecule has 0 unspecified atom stereocenters. The van der Waals surface area contributed by atoms with Crippen LogP contribution in [-0.2, 0) is 13.1 Å². The maximum Gasteiger partial charge on any atom is 0.0952 e. The molecule has 19 heavy (non-hydrogen) atoms. The van der Waals surface area contributed by atoms with Crippen LogP contribution in [0.2, 0.25) is 0 Å². The first-order valence-corrected chi connectivity index (χ1v) is 6.67. The van der Waals surface area contributed by atoms with Gasteiger partial charge >= 0.3 is 0 Å². The molecule has 2 aromatic rings. The summed E-state index contributed by atoms with van der Waals surface area (Å²) in [6, 6.07) is 4.05. The van der Waals surface area contributed by atoms with Crippen LogP contribution in [0.25, 0.3) is 0 Å². The van der Waals surface area contributed by atoms with Crippen molar-refractivity contribution in [2.24, 2.45) is 0 Å². The number of furan rings is 1. The van der Waals surface area contributed by atoms with Crippen molar-refractivity contribution in [3.8, 4) is 0 Å². The third kappa shape index (κ3) is 3.83. The van der Waals surface area contributed by atoms with Crippen LogP contribution in [0.1, 0.15) is 24.5 Å². The Morgan fingerprint density at radius 3 is 3.00 bits per heavy atom. The molecular weight excluding hydrogens is 238 g/mol. The molecule has 0 aliphatic heterocycles. The van der Waals surface area contributed by atoms with Gasteiger partial charge in [0.25, 0.3) is 0 Å². The molecule has 0 amide bonds. The Labute approximate surface area is 114 Å². The first-order valence-electron chi connectivity index (χ1n) is 6.67. The molecule has 0 aromatic carbocycles. The van der Waals surface area contributed by atoms with Crippen LogP contribution in [0.5, 0.6) is 0 Å². The standard InChI is InChI=1S/C15H21N3O/c1-3-6-16-9-14-10-17-7-4-15(14)18(2)11-13-5-8-19-12-13/h4-5,7-8,10,12,16H,3,6,9,11H2,1-2H3. The van der Waals surface area contributed by atoms with E-state index in [1.807, 2.05) is 18.5 Å². The Bertz CT molecular complexity index is 482. The van der Waals surface area contributed by atoms with Crippen molar-refractivity contribution in [3.05, 3.63) is 48.2 Å². The Hall–Kier alpha value is -1.81. The van der Waals surface area contributed by atoms with Crippen LogP contribution < -0.4 is 10.2 Å². The molecule has 1 N–H and O–H groups in total. The van der Waals surface area contributed by atoms with Gasteiger partial charge in [0.15, 0.2) is 0 Å². The molecule has 2 aromatic heterocycles. The fourth-order valence-corrected chi connectivity index (χ4v) is 2.07. The molecule has 0 spiro atoms. The van der Waals surface area contributed by atoms with Gasteiger partial charge in [0.05, 0.1) is 12.5 Å². The Balaban J connectivity index is 2.05. The number of aromatic nitrogens is 1. The molecule has 0 fully saturated rings. The van der Waals surface area contributed by atoms with Crippen molar-refractivity contribution in [1.82, 2.24) is 10.3 Å². The normalized spacial score (nSPS) is 10.6. The van der Waals surface area contributed by atoms with Crippen molar-refractivity contribution >= 4 is 5.69 Å². The van der Waals surface area contributed by atoms with E-state index in [4.69, 9.17) is 4.42 Å². The fraction of sp³-hybridized carbons (Fsp3) is 0.400. The topological polar surface area (TPSA) is 41.3 Å². The second kappa shape index (κ2) is 6.95. The zero-order valence-corrected chi connectivity index (χ0v) is 11.6. The van der Waals surface area contributed by atoms with Crippen LogP contribution in [0, 0.1) is 0 Å². The lowest BCUT2D eigenvalue weighted by molar-refractivity contribution is 0.563. The van der Waals surface area contributed by atoms with Gasteiger partial charge in [-0.05, 0) is 25.1 Å². The van der Waals surface area contributed by atoms with Crippen LogP contribution in [0.4, 0.5) is 5.69 Å². The summed E-state index contributed by atoms with van der Waals surface area (Å²) in [5, 5.41) is 3.42. The zero-order chi connectivity index (χ0) is 13.5. The number of hydrogen-bond donors (Lipinski definition) is 1. The Morgan fingerprint density at radius 1 is 1.37 bits per heavy atom. The molecule has 0 atom stereocenters. The lowest BCUT2D eigenvalue weighted by Gasteiger charge is -2.21. The molecular formula is C15H21N3O. The highest BCUT2D eigenvalue weighted by Crippen LogP contribution is 2.20. The fourth-order valence-electron chi connectivity index (χ4n) is 2.07. The summed E-state index contributed by atoms with van der Waals surface area (Å²) in [5.74, 6) is 0. The molecule has 0 bridgehead atoms. The maximum absolute atomic E-state index is 5.11. The van der Waals surface area contributed by atoms with Gasteiger partial charge in [-0.1, -0.05) is 6.92 Å². The molecule has 4 nitrogen and oxygen atoms in total. The minimum atomic E-state index is 0.835. The molecule has 0 radical (unpaired) electrons. The summed E-state index contributed by atoms with van der Waals surface area (Å²) in [4.78, 5) is 6.44. The number of pyridine rings is 1. The number of nitrogens with one attached hydrogen (secondary N) is 1. The van der Waals surface area contributed by atoms with Crippen molar-refractivity contribution in [1.29, 1.82) is 0 Å². The van der Waals surface area contributed by atoms with Gasteiger partial charge in [-0.15, -0.1) is 0 Å². The van der Waals surface area contributed by atoms with E-state index >= 15 is 0 Å².